The van der Waals surface area contributed by atoms with Crippen molar-refractivity contribution in [1.82, 2.24) is 9.78 Å². The van der Waals surface area contributed by atoms with Crippen LogP contribution in [-0.4, -0.2) is 26.8 Å². The van der Waals surface area contributed by atoms with Gasteiger partial charge in [-0.1, -0.05) is 42.5 Å². The number of fused-ring (bicyclic) bond motifs is 1. The predicted molar refractivity (Wildman–Crippen MR) is 108 cm³/mol. The molecule has 0 aliphatic heterocycles. The van der Waals surface area contributed by atoms with E-state index >= 15 is 0 Å². The summed E-state index contributed by atoms with van der Waals surface area (Å²) >= 11 is 0.966. The van der Waals surface area contributed by atoms with E-state index in [2.05, 4.69) is 5.10 Å². The Morgan fingerprint density at radius 2 is 1.55 bits per heavy atom. The lowest BCUT2D eigenvalue weighted by molar-refractivity contribution is -0.256. The molecule has 1 heterocycles. The van der Waals surface area contributed by atoms with Gasteiger partial charge in [0, 0.05) is 16.0 Å². The van der Waals surface area contributed by atoms with Crippen LogP contribution >= 0.6 is 11.8 Å². The average Bonchev–Trinajstić information content (AvgIpc) is 3.16. The zero-order valence-corrected chi connectivity index (χ0v) is 16.0. The smallest absolute Gasteiger partial charge is 0.376 e. The van der Waals surface area contributed by atoms with Crippen LogP contribution in [0.5, 0.6) is 0 Å². The Kier molecular flexibility index (Phi) is 5.10. The van der Waals surface area contributed by atoms with Crippen molar-refractivity contribution in [3.63, 3.8) is 0 Å². The molecule has 1 unspecified atom stereocenters. The van der Waals surface area contributed by atoms with Gasteiger partial charge >= 0.3 is 6.18 Å². The topological polar surface area (TPSA) is 38.1 Å². The second kappa shape index (κ2) is 7.57. The Morgan fingerprint density at radius 1 is 0.897 bits per heavy atom. The van der Waals surface area contributed by atoms with Gasteiger partial charge in [-0.05, 0) is 42.0 Å². The minimum Gasteiger partial charge on any atom is -0.376 e. The van der Waals surface area contributed by atoms with Gasteiger partial charge in [-0.15, -0.1) is 11.8 Å². The number of hydrogen-bond donors (Lipinski definition) is 1. The maximum Gasteiger partial charge on any atom is 0.422 e. The van der Waals surface area contributed by atoms with Gasteiger partial charge in [0.2, 0.25) is 0 Å². The van der Waals surface area contributed by atoms with Gasteiger partial charge in [0.15, 0.2) is 5.60 Å². The van der Waals surface area contributed by atoms with E-state index in [1.54, 1.807) is 41.1 Å². The van der Waals surface area contributed by atoms with Crippen molar-refractivity contribution in [2.75, 3.05) is 5.75 Å². The average molecular weight is 414 g/mol. The molecule has 29 heavy (non-hydrogen) atoms. The minimum atomic E-state index is -4.82. The second-order valence-electron chi connectivity index (χ2n) is 6.63. The van der Waals surface area contributed by atoms with E-state index in [4.69, 9.17) is 0 Å². The van der Waals surface area contributed by atoms with Crippen molar-refractivity contribution in [2.45, 2.75) is 16.7 Å². The summed E-state index contributed by atoms with van der Waals surface area (Å²) in [6.07, 6.45) is -3.31. The zero-order valence-electron chi connectivity index (χ0n) is 15.2. The highest BCUT2D eigenvalue weighted by atomic mass is 32.2. The normalized spacial score (nSPS) is 14.1. The third-order valence-corrected chi connectivity index (χ3v) is 5.87. The van der Waals surface area contributed by atoms with Crippen molar-refractivity contribution < 1.29 is 18.3 Å². The number of aromatic nitrogens is 2. The SMILES string of the molecule is OC(CSc1ccccc1)(c1ccc2c(cnn2-c2ccccc2)c1)C(F)(F)F. The Balaban J connectivity index is 1.71. The maximum absolute atomic E-state index is 13.9. The highest BCUT2D eigenvalue weighted by molar-refractivity contribution is 7.99. The van der Waals surface area contributed by atoms with E-state index in [1.165, 1.54) is 18.3 Å². The molecule has 4 rings (SSSR count). The maximum atomic E-state index is 13.9. The zero-order chi connectivity index (χ0) is 20.5. The van der Waals surface area contributed by atoms with Crippen molar-refractivity contribution in [1.29, 1.82) is 0 Å². The summed E-state index contributed by atoms with van der Waals surface area (Å²) in [4.78, 5) is 0.660. The van der Waals surface area contributed by atoms with E-state index < -0.39 is 17.5 Å². The molecule has 0 saturated heterocycles. The monoisotopic (exact) mass is 414 g/mol. The molecule has 1 atom stereocenters. The molecular formula is C22H17F3N2OS. The number of benzene rings is 3. The Bertz CT molecular complexity index is 1110. The molecule has 1 aromatic heterocycles. The molecule has 148 valence electrons. The van der Waals surface area contributed by atoms with E-state index in [-0.39, 0.29) is 5.56 Å². The number of nitrogens with zero attached hydrogens (tertiary/aromatic N) is 2. The highest BCUT2D eigenvalue weighted by Gasteiger charge is 2.55. The van der Waals surface area contributed by atoms with Gasteiger partial charge in [0.05, 0.1) is 17.4 Å². The number of aliphatic hydroxyl groups is 1. The molecule has 0 radical (unpaired) electrons. The van der Waals surface area contributed by atoms with Gasteiger partial charge in [0.1, 0.15) is 0 Å². The first-order valence-electron chi connectivity index (χ1n) is 8.89. The van der Waals surface area contributed by atoms with Crippen molar-refractivity contribution in [2.24, 2.45) is 0 Å². The fourth-order valence-corrected chi connectivity index (χ4v) is 4.15. The number of thioether (sulfide) groups is 1. The van der Waals surface area contributed by atoms with Crippen LogP contribution in [0.15, 0.2) is 90.0 Å². The van der Waals surface area contributed by atoms with Gasteiger partial charge in [-0.3, -0.25) is 0 Å². The predicted octanol–water partition coefficient (Wildman–Crippen LogP) is 5.57. The first-order chi connectivity index (χ1) is 13.9. The van der Waals surface area contributed by atoms with Gasteiger partial charge in [0.25, 0.3) is 0 Å². The first-order valence-corrected chi connectivity index (χ1v) is 9.88. The second-order valence-corrected chi connectivity index (χ2v) is 7.67. The standard InChI is InChI=1S/C22H17F3N2OS/c23-22(24,25)21(28,15-29-19-9-5-2-6-10-19)17-11-12-20-16(13-17)14-26-27(20)18-7-3-1-4-8-18/h1-14,28H,15H2. The largest absolute Gasteiger partial charge is 0.422 e. The summed E-state index contributed by atoms with van der Waals surface area (Å²) < 4.78 is 43.3. The van der Waals surface area contributed by atoms with Gasteiger partial charge < -0.3 is 5.11 Å². The van der Waals surface area contributed by atoms with Crippen molar-refractivity contribution >= 4 is 22.7 Å². The molecule has 0 bridgehead atoms. The number of hydrogen-bond acceptors (Lipinski definition) is 3. The van der Waals surface area contributed by atoms with E-state index in [1.807, 2.05) is 30.3 Å². The lowest BCUT2D eigenvalue weighted by Gasteiger charge is -2.30. The lowest BCUT2D eigenvalue weighted by Crippen LogP contribution is -2.44. The van der Waals surface area contributed by atoms with Crippen LogP contribution in [0, 0.1) is 0 Å². The third kappa shape index (κ3) is 3.75. The van der Waals surface area contributed by atoms with E-state index in [0.717, 1.165) is 17.4 Å². The number of alkyl halides is 3. The Labute approximate surface area is 169 Å². The lowest BCUT2D eigenvalue weighted by atomic mass is 9.94. The molecular weight excluding hydrogens is 397 g/mol. The van der Waals surface area contributed by atoms with Crippen LogP contribution in [0.1, 0.15) is 5.56 Å². The van der Waals surface area contributed by atoms with E-state index in [0.29, 0.717) is 15.8 Å². The van der Waals surface area contributed by atoms with Crippen LogP contribution in [0.4, 0.5) is 13.2 Å². The summed E-state index contributed by atoms with van der Waals surface area (Å²) in [6.45, 7) is 0. The molecule has 0 saturated carbocycles. The minimum absolute atomic E-state index is 0.200. The Morgan fingerprint density at radius 3 is 2.21 bits per heavy atom. The molecule has 3 aromatic carbocycles. The number of rotatable bonds is 5. The quantitative estimate of drug-likeness (QED) is 0.434. The summed E-state index contributed by atoms with van der Waals surface area (Å²) in [5.74, 6) is -0.543. The molecule has 0 amide bonds. The first kappa shape index (κ1) is 19.5. The fourth-order valence-electron chi connectivity index (χ4n) is 3.10. The Hall–Kier alpha value is -2.77. The molecule has 3 nitrogen and oxygen atoms in total. The van der Waals surface area contributed by atoms with Crippen molar-refractivity contribution in [3.05, 3.63) is 90.6 Å². The third-order valence-electron chi connectivity index (χ3n) is 4.71. The van der Waals surface area contributed by atoms with Crippen molar-refractivity contribution in [3.8, 4) is 5.69 Å². The summed E-state index contributed by atoms with van der Waals surface area (Å²) in [6, 6.07) is 22.3. The summed E-state index contributed by atoms with van der Waals surface area (Å²) in [5.41, 5.74) is -1.70. The van der Waals surface area contributed by atoms with Crippen LogP contribution in [0.3, 0.4) is 0 Å². The molecule has 4 aromatic rings. The number of para-hydroxylation sites is 1. The molecule has 7 heteroatoms. The van der Waals surface area contributed by atoms with Crippen LogP contribution in [0.25, 0.3) is 16.6 Å². The van der Waals surface area contributed by atoms with E-state index in [9.17, 15) is 18.3 Å². The summed E-state index contributed by atoms with van der Waals surface area (Å²) in [5, 5.41) is 15.5. The highest BCUT2D eigenvalue weighted by Crippen LogP contribution is 2.43. The van der Waals surface area contributed by atoms with Gasteiger partial charge in [-0.2, -0.15) is 18.3 Å². The molecule has 0 spiro atoms. The fraction of sp³-hybridized carbons (Fsp3) is 0.136. The molecule has 0 aliphatic carbocycles. The molecule has 1 N–H and O–H groups in total. The van der Waals surface area contributed by atoms with Crippen LogP contribution in [-0.2, 0) is 5.60 Å². The molecule has 0 aliphatic rings. The molecule has 0 fully saturated rings. The van der Waals surface area contributed by atoms with Crippen LogP contribution in [0.2, 0.25) is 0 Å². The number of halogens is 3. The summed E-state index contributed by atoms with van der Waals surface area (Å²) in [7, 11) is 0. The van der Waals surface area contributed by atoms with Crippen LogP contribution < -0.4 is 0 Å². The van der Waals surface area contributed by atoms with Gasteiger partial charge in [-0.25, -0.2) is 4.68 Å².